The molecule has 0 aromatic heterocycles. The van der Waals surface area contributed by atoms with Crippen molar-refractivity contribution in [2.75, 3.05) is 23.1 Å². The number of anilines is 1. The number of ether oxygens (including phenoxy) is 1. The third-order valence-corrected chi connectivity index (χ3v) is 8.88. The first-order chi connectivity index (χ1) is 18.4. The van der Waals surface area contributed by atoms with E-state index in [4.69, 9.17) is 32.9 Å². The maximum atomic E-state index is 13.2. The number of aromatic hydroxyl groups is 1. The number of sulfonamides is 1. The Hall–Kier alpha value is -3.19. The summed E-state index contributed by atoms with van der Waals surface area (Å²) >= 11 is 6.73. The van der Waals surface area contributed by atoms with Gasteiger partial charge in [-0.05, 0) is 37.3 Å². The molecule has 2 aliphatic heterocycles. The smallest absolute Gasteiger partial charge is 0.320 e. The molecule has 2 aliphatic rings. The highest BCUT2D eigenvalue weighted by atomic mass is 35.5. The number of nitrogens with one attached hydrogen (secondary N) is 2. The number of phenols is 1. The number of carboxylic acid groups (broad SMARTS) is 1. The standard InChI is InChI=1S/C26H30ClN5O6S.2ClH/c1-15(28)31-10-8-19(9-11-31)38-23-7-5-21-20(25(23)27)13-18(32(21)39(36,37)14-24(34)35)4-2-16-12-17(26(29)30)3-6-22(16)33;;/h2-7,12,18-19,28,33H,8-11,13-14H2,1H3,(H3,29,30)(H,34,35);2*1H/b4-2+,28-15?;;. The number of hydrogen-bond acceptors (Lipinski definition) is 7. The van der Waals surface area contributed by atoms with Gasteiger partial charge in [0.2, 0.25) is 10.0 Å². The molecular weight excluding hydrogens is 617 g/mol. The largest absolute Gasteiger partial charge is 0.507 e. The summed E-state index contributed by atoms with van der Waals surface area (Å²) in [6.45, 7) is 3.12. The van der Waals surface area contributed by atoms with Crippen LogP contribution in [-0.2, 0) is 21.2 Å². The molecule has 2 aromatic rings. The molecule has 0 amide bonds. The van der Waals surface area contributed by atoms with Crippen molar-refractivity contribution in [3.8, 4) is 11.5 Å². The van der Waals surface area contributed by atoms with Crippen LogP contribution in [0, 0.1) is 10.8 Å². The normalized spacial score (nSPS) is 17.0. The lowest BCUT2D eigenvalue weighted by molar-refractivity contribution is -0.134. The van der Waals surface area contributed by atoms with Gasteiger partial charge in [0, 0.05) is 49.0 Å². The fourth-order valence-electron chi connectivity index (χ4n) is 4.84. The van der Waals surface area contributed by atoms with Gasteiger partial charge in [-0.15, -0.1) is 24.8 Å². The molecule has 0 spiro atoms. The number of benzene rings is 2. The minimum absolute atomic E-state index is 0. The van der Waals surface area contributed by atoms with Gasteiger partial charge in [-0.2, -0.15) is 0 Å². The molecule has 2 heterocycles. The van der Waals surface area contributed by atoms with Crippen molar-refractivity contribution in [2.45, 2.75) is 38.3 Å². The zero-order chi connectivity index (χ0) is 28.5. The van der Waals surface area contributed by atoms with Crippen molar-refractivity contribution in [3.05, 3.63) is 58.1 Å². The van der Waals surface area contributed by atoms with Gasteiger partial charge in [0.05, 0.1) is 22.6 Å². The molecule has 1 unspecified atom stereocenters. The molecule has 2 aromatic carbocycles. The molecule has 1 fully saturated rings. The number of carbonyl (C=O) groups is 1. The Morgan fingerprint density at radius 3 is 2.44 bits per heavy atom. The average Bonchev–Trinajstić information content (AvgIpc) is 3.25. The number of nitrogens with zero attached hydrogens (tertiary/aromatic N) is 2. The predicted octanol–water partition coefficient (Wildman–Crippen LogP) is 3.87. The highest BCUT2D eigenvalue weighted by Crippen LogP contribution is 2.44. The fraction of sp³-hybridized carbons (Fsp3) is 0.346. The Morgan fingerprint density at radius 2 is 1.85 bits per heavy atom. The molecule has 6 N–H and O–H groups in total. The van der Waals surface area contributed by atoms with E-state index >= 15 is 0 Å². The van der Waals surface area contributed by atoms with Crippen LogP contribution in [0.15, 0.2) is 36.4 Å². The minimum Gasteiger partial charge on any atom is -0.507 e. The Bertz CT molecular complexity index is 1460. The van der Waals surface area contributed by atoms with E-state index in [-0.39, 0.29) is 59.6 Å². The van der Waals surface area contributed by atoms with Crippen LogP contribution in [0.1, 0.15) is 36.5 Å². The summed E-state index contributed by atoms with van der Waals surface area (Å²) in [7, 11) is -4.29. The molecule has 11 nitrogen and oxygen atoms in total. The van der Waals surface area contributed by atoms with Crippen molar-refractivity contribution < 1.29 is 28.2 Å². The van der Waals surface area contributed by atoms with E-state index in [9.17, 15) is 23.4 Å². The lowest BCUT2D eigenvalue weighted by atomic mass is 10.1. The maximum absolute atomic E-state index is 13.2. The highest BCUT2D eigenvalue weighted by Gasteiger charge is 2.39. The number of amidine groups is 2. The summed E-state index contributed by atoms with van der Waals surface area (Å²) in [6.07, 6.45) is 4.50. The van der Waals surface area contributed by atoms with Crippen molar-refractivity contribution >= 4 is 75.8 Å². The molecule has 4 rings (SSSR count). The van der Waals surface area contributed by atoms with Crippen LogP contribution in [0.2, 0.25) is 5.02 Å². The van der Waals surface area contributed by atoms with Crippen molar-refractivity contribution in [2.24, 2.45) is 5.73 Å². The van der Waals surface area contributed by atoms with Gasteiger partial charge in [-0.3, -0.25) is 19.9 Å². The number of carboxylic acids is 1. The third kappa shape index (κ3) is 7.56. The summed E-state index contributed by atoms with van der Waals surface area (Å²) in [5.74, 6) is -1.97. The highest BCUT2D eigenvalue weighted by molar-refractivity contribution is 7.93. The van der Waals surface area contributed by atoms with Crippen LogP contribution in [0.5, 0.6) is 11.5 Å². The van der Waals surface area contributed by atoms with E-state index in [1.165, 1.54) is 24.3 Å². The maximum Gasteiger partial charge on any atom is 0.320 e. The van der Waals surface area contributed by atoms with E-state index < -0.39 is 27.8 Å². The monoisotopic (exact) mass is 647 g/mol. The number of phenolic OH excluding ortho intramolecular Hbond substituents is 1. The van der Waals surface area contributed by atoms with Gasteiger partial charge in [-0.1, -0.05) is 23.8 Å². The van der Waals surface area contributed by atoms with Crippen molar-refractivity contribution in [3.63, 3.8) is 0 Å². The molecule has 0 aliphatic carbocycles. The first kappa shape index (κ1) is 34.0. The van der Waals surface area contributed by atoms with E-state index in [2.05, 4.69) is 0 Å². The number of nitrogens with two attached hydrogens (primary N) is 1. The van der Waals surface area contributed by atoms with E-state index in [1.54, 1.807) is 25.1 Å². The van der Waals surface area contributed by atoms with Crippen LogP contribution in [0.3, 0.4) is 0 Å². The summed E-state index contributed by atoms with van der Waals surface area (Å²) in [5, 5.41) is 35.2. The number of fused-ring (bicyclic) bond motifs is 1. The van der Waals surface area contributed by atoms with Gasteiger partial charge in [-0.25, -0.2) is 8.42 Å². The second-order valence-corrected chi connectivity index (χ2v) is 11.8. The first-order valence-electron chi connectivity index (χ1n) is 12.2. The summed E-state index contributed by atoms with van der Waals surface area (Å²) in [4.78, 5) is 13.3. The summed E-state index contributed by atoms with van der Waals surface area (Å²) in [6, 6.07) is 6.70. The molecule has 224 valence electrons. The van der Waals surface area contributed by atoms with E-state index in [0.29, 0.717) is 54.2 Å². The summed E-state index contributed by atoms with van der Waals surface area (Å²) in [5.41, 5.74) is 7.01. The van der Waals surface area contributed by atoms with Gasteiger partial charge in [0.25, 0.3) is 0 Å². The van der Waals surface area contributed by atoms with E-state index in [0.717, 1.165) is 4.31 Å². The number of rotatable bonds is 8. The van der Waals surface area contributed by atoms with Gasteiger partial charge in [0.15, 0.2) is 5.75 Å². The summed E-state index contributed by atoms with van der Waals surface area (Å²) < 4.78 is 33.5. The Morgan fingerprint density at radius 1 is 1.20 bits per heavy atom. The number of halogens is 3. The van der Waals surface area contributed by atoms with Crippen molar-refractivity contribution in [1.29, 1.82) is 10.8 Å². The minimum atomic E-state index is -4.29. The second kappa shape index (κ2) is 13.6. The number of aliphatic carboxylic acids is 1. The van der Waals surface area contributed by atoms with Crippen molar-refractivity contribution in [1.82, 2.24) is 4.90 Å². The molecule has 0 radical (unpaired) electrons. The molecule has 0 saturated carbocycles. The number of piperidine rings is 1. The average molecular weight is 649 g/mol. The van der Waals surface area contributed by atoms with Gasteiger partial charge >= 0.3 is 5.97 Å². The SMILES string of the molecule is CC(=N)N1CCC(Oc2ccc3c(c2Cl)CC(/C=C/c2cc(C(=N)N)ccc2O)N3S(=O)(=O)CC(=O)O)CC1.Cl.Cl. The molecule has 41 heavy (non-hydrogen) atoms. The van der Waals surface area contributed by atoms with E-state index in [1.807, 2.05) is 4.90 Å². The molecule has 1 atom stereocenters. The Balaban J connectivity index is 0.00000294. The quantitative estimate of drug-likeness (QED) is 0.211. The zero-order valence-electron chi connectivity index (χ0n) is 22.0. The van der Waals surface area contributed by atoms with Gasteiger partial charge in [0.1, 0.15) is 23.4 Å². The number of likely N-dealkylation sites (tertiary alicyclic amines) is 1. The lowest BCUT2D eigenvalue weighted by Gasteiger charge is -2.33. The lowest BCUT2D eigenvalue weighted by Crippen LogP contribution is -2.40. The molecular formula is C26H32Cl3N5O6S. The van der Waals surface area contributed by atoms with Gasteiger partial charge < -0.3 is 25.6 Å². The van der Waals surface area contributed by atoms with Crippen LogP contribution in [0.4, 0.5) is 5.69 Å². The zero-order valence-corrected chi connectivity index (χ0v) is 25.2. The molecule has 15 heteroatoms. The first-order valence-corrected chi connectivity index (χ1v) is 14.2. The van der Waals surface area contributed by atoms with Crippen LogP contribution < -0.4 is 14.8 Å². The fourth-order valence-corrected chi connectivity index (χ4v) is 6.60. The Kier molecular flexibility index (Phi) is 11.3. The second-order valence-electron chi connectivity index (χ2n) is 9.53. The predicted molar refractivity (Wildman–Crippen MR) is 164 cm³/mol. The topological polar surface area (TPSA) is 181 Å². The third-order valence-electron chi connectivity index (χ3n) is 6.79. The number of nitrogen functional groups attached to an aromatic ring is 1. The molecule has 0 bridgehead atoms. The Labute approximate surface area is 255 Å². The van der Waals surface area contributed by atoms with Crippen LogP contribution >= 0.6 is 36.4 Å². The number of hydrogen-bond donors (Lipinski definition) is 5. The van der Waals surface area contributed by atoms with Crippen LogP contribution in [0.25, 0.3) is 6.08 Å². The molecule has 1 saturated heterocycles. The van der Waals surface area contributed by atoms with Crippen LogP contribution in [-0.4, -0.2) is 72.2 Å².